The van der Waals surface area contributed by atoms with Crippen LogP contribution in [-0.4, -0.2) is 23.6 Å². The first-order valence-corrected chi connectivity index (χ1v) is 8.70. The van der Waals surface area contributed by atoms with Crippen LogP contribution in [0.2, 0.25) is 0 Å². The smallest absolute Gasteiger partial charge is 0.163 e. The quantitative estimate of drug-likeness (QED) is 0.648. The Labute approximate surface area is 172 Å². The second kappa shape index (κ2) is 16.4. The summed E-state index contributed by atoms with van der Waals surface area (Å²) >= 11 is 0. The van der Waals surface area contributed by atoms with Crippen LogP contribution in [0.4, 0.5) is 4.39 Å². The highest BCUT2D eigenvalue weighted by Gasteiger charge is 2.11. The largest absolute Gasteiger partial charge is 0.333 e. The molecule has 2 aromatic carbocycles. The van der Waals surface area contributed by atoms with Gasteiger partial charge in [0.2, 0.25) is 0 Å². The second-order valence-corrected chi connectivity index (χ2v) is 4.78. The van der Waals surface area contributed by atoms with Crippen LogP contribution in [0.25, 0.3) is 16.9 Å². The minimum atomic E-state index is -0.291. The fourth-order valence-corrected chi connectivity index (χ4v) is 2.14. The summed E-state index contributed by atoms with van der Waals surface area (Å²) in [6.45, 7) is 8.01. The van der Waals surface area contributed by atoms with Gasteiger partial charge in [-0.25, -0.2) is 9.07 Å². The van der Waals surface area contributed by atoms with Crippen molar-refractivity contribution in [3.63, 3.8) is 0 Å². The number of carbonyl (C=O) groups excluding carboxylic acids is 1. The van der Waals surface area contributed by atoms with Crippen LogP contribution in [-0.2, 0) is 4.79 Å². The maximum atomic E-state index is 13.1. The zero-order valence-electron chi connectivity index (χ0n) is 17.3. The fraction of sp³-hybridized carbons (Fsp3) is 0.174. The molecule has 3 rings (SSSR count). The highest BCUT2D eigenvalue weighted by molar-refractivity contribution is 5.63. The Balaban J connectivity index is 0. The zero-order chi connectivity index (χ0) is 22.8. The molecule has 0 aliphatic rings. The molecule has 6 heteroatoms. The maximum absolute atomic E-state index is 13.1. The molecule has 1 heterocycles. The molecular weight excluding hydrogens is 367 g/mol. The number of aromatic nitrogens is 2. The van der Waals surface area contributed by atoms with Gasteiger partial charge in [0.1, 0.15) is 18.7 Å². The molecule has 0 atom stereocenters. The second-order valence-electron chi connectivity index (χ2n) is 4.78. The van der Waals surface area contributed by atoms with E-state index in [2.05, 4.69) is 23.7 Å². The van der Waals surface area contributed by atoms with Crippen LogP contribution in [0.15, 0.2) is 54.6 Å². The summed E-state index contributed by atoms with van der Waals surface area (Å²) in [4.78, 5) is 8.00. The van der Waals surface area contributed by atoms with Gasteiger partial charge < -0.3 is 10.5 Å². The number of benzene rings is 2. The molecule has 0 bridgehead atoms. The summed E-state index contributed by atoms with van der Waals surface area (Å²) in [6.07, 6.45) is 8.00. The standard InChI is InChI=1S/C17H12FN3.C2H6.C2H2.CH5N.CH2O/c1-12-2-8-16(9-3-12)21-17(10-15(11-19)20-21)13-4-6-14(18)7-5-13;4*1-2/h2-10H,1H3;1-2H3;1-2H;2H2,1H3;1H2. The summed E-state index contributed by atoms with van der Waals surface area (Å²) < 4.78 is 14.8. The predicted octanol–water partition coefficient (Wildman–Crippen LogP) is 4.52. The normalized spacial score (nSPS) is 8.10. The van der Waals surface area contributed by atoms with Crippen LogP contribution >= 0.6 is 0 Å². The molecule has 0 fully saturated rings. The Hall–Kier alpha value is -3.74. The van der Waals surface area contributed by atoms with Gasteiger partial charge in [0.15, 0.2) is 5.69 Å². The average Bonchev–Trinajstić information content (AvgIpc) is 3.25. The third-order valence-corrected chi connectivity index (χ3v) is 3.24. The predicted molar refractivity (Wildman–Crippen MR) is 117 cm³/mol. The number of nitriles is 1. The van der Waals surface area contributed by atoms with Crippen LogP contribution in [0.1, 0.15) is 25.1 Å². The molecule has 5 nitrogen and oxygen atoms in total. The lowest BCUT2D eigenvalue weighted by molar-refractivity contribution is -0.0979. The molecule has 0 spiro atoms. The topological polar surface area (TPSA) is 84.7 Å². The summed E-state index contributed by atoms with van der Waals surface area (Å²) in [5.74, 6) is -0.291. The monoisotopic (exact) mass is 394 g/mol. The van der Waals surface area contributed by atoms with Crippen molar-refractivity contribution in [2.45, 2.75) is 20.8 Å². The van der Waals surface area contributed by atoms with E-state index >= 15 is 0 Å². The van der Waals surface area contributed by atoms with Crippen LogP contribution < -0.4 is 5.73 Å². The lowest BCUT2D eigenvalue weighted by Crippen LogP contribution is -1.99. The average molecular weight is 394 g/mol. The first-order valence-electron chi connectivity index (χ1n) is 8.70. The molecule has 0 saturated heterocycles. The molecule has 152 valence electrons. The van der Waals surface area contributed by atoms with Crippen molar-refractivity contribution < 1.29 is 9.18 Å². The summed E-state index contributed by atoms with van der Waals surface area (Å²) in [5.41, 5.74) is 8.41. The van der Waals surface area contributed by atoms with Gasteiger partial charge in [0.25, 0.3) is 0 Å². The number of carbonyl (C=O) groups is 1. The lowest BCUT2D eigenvalue weighted by atomic mass is 10.1. The molecule has 29 heavy (non-hydrogen) atoms. The highest BCUT2D eigenvalue weighted by Crippen LogP contribution is 2.24. The van der Waals surface area contributed by atoms with Gasteiger partial charge in [-0.1, -0.05) is 31.5 Å². The number of nitrogens with zero attached hydrogens (tertiary/aromatic N) is 3. The van der Waals surface area contributed by atoms with Crippen LogP contribution in [0.5, 0.6) is 0 Å². The van der Waals surface area contributed by atoms with Crippen molar-refractivity contribution in [3.05, 3.63) is 71.7 Å². The minimum absolute atomic E-state index is 0.291. The van der Waals surface area contributed by atoms with Gasteiger partial charge in [-0.15, -0.1) is 12.8 Å². The first-order chi connectivity index (χ1) is 14.2. The Morgan fingerprint density at radius 1 is 1.03 bits per heavy atom. The van der Waals surface area contributed by atoms with Gasteiger partial charge in [0, 0.05) is 11.6 Å². The van der Waals surface area contributed by atoms with Crippen molar-refractivity contribution in [3.8, 4) is 35.9 Å². The third kappa shape index (κ3) is 8.21. The molecule has 0 unspecified atom stereocenters. The van der Waals surface area contributed by atoms with Gasteiger partial charge >= 0.3 is 0 Å². The molecular formula is C23H27FN4O. The van der Waals surface area contributed by atoms with E-state index in [9.17, 15) is 4.39 Å². The Kier molecular flexibility index (Phi) is 15.6. The van der Waals surface area contributed by atoms with Gasteiger partial charge in [0.05, 0.1) is 11.4 Å². The van der Waals surface area contributed by atoms with E-state index in [0.717, 1.165) is 22.5 Å². The summed E-state index contributed by atoms with van der Waals surface area (Å²) in [7, 11) is 1.50. The number of halogens is 1. The number of rotatable bonds is 2. The highest BCUT2D eigenvalue weighted by atomic mass is 19.1. The third-order valence-electron chi connectivity index (χ3n) is 3.24. The molecule has 1 aromatic heterocycles. The Morgan fingerprint density at radius 2 is 1.52 bits per heavy atom. The molecule has 0 saturated carbocycles. The van der Waals surface area contributed by atoms with Crippen LogP contribution in [0, 0.1) is 36.9 Å². The number of hydrogen-bond acceptors (Lipinski definition) is 4. The molecule has 0 amide bonds. The van der Waals surface area contributed by atoms with Crippen LogP contribution in [0.3, 0.4) is 0 Å². The molecule has 2 N–H and O–H groups in total. The number of aryl methyl sites for hydroxylation is 1. The maximum Gasteiger partial charge on any atom is 0.163 e. The van der Waals surface area contributed by atoms with Gasteiger partial charge in [-0.2, -0.15) is 10.4 Å². The minimum Gasteiger partial charge on any atom is -0.333 e. The fourth-order valence-electron chi connectivity index (χ4n) is 2.14. The number of hydrogen-bond donors (Lipinski definition) is 1. The van der Waals surface area contributed by atoms with E-state index < -0.39 is 0 Å². The SMILES string of the molecule is C#C.C=O.CC.CN.Cc1ccc(-n2nc(C#N)cc2-c2ccc(F)cc2)cc1. The summed E-state index contributed by atoms with van der Waals surface area (Å²) in [5, 5.41) is 13.4. The van der Waals surface area contributed by atoms with E-state index in [4.69, 9.17) is 10.1 Å². The van der Waals surface area contributed by atoms with E-state index in [1.165, 1.54) is 19.2 Å². The van der Waals surface area contributed by atoms with E-state index in [-0.39, 0.29) is 5.82 Å². The lowest BCUT2D eigenvalue weighted by Gasteiger charge is -2.07. The van der Waals surface area contributed by atoms with Gasteiger partial charge in [-0.05, 0) is 50.4 Å². The van der Waals surface area contributed by atoms with E-state index in [1.807, 2.05) is 57.9 Å². The van der Waals surface area contributed by atoms with Crippen molar-refractivity contribution in [2.75, 3.05) is 7.05 Å². The van der Waals surface area contributed by atoms with Crippen molar-refractivity contribution in [2.24, 2.45) is 5.73 Å². The molecule has 0 aliphatic heterocycles. The van der Waals surface area contributed by atoms with E-state index in [0.29, 0.717) is 5.69 Å². The van der Waals surface area contributed by atoms with E-state index in [1.54, 1.807) is 22.9 Å². The van der Waals surface area contributed by atoms with Gasteiger partial charge in [-0.3, -0.25) is 0 Å². The number of nitrogens with two attached hydrogens (primary N) is 1. The molecule has 0 radical (unpaired) electrons. The first kappa shape index (κ1) is 27.5. The Bertz CT molecular complexity index is 813. The van der Waals surface area contributed by atoms with Crippen molar-refractivity contribution >= 4 is 6.79 Å². The van der Waals surface area contributed by atoms with Crippen molar-refractivity contribution in [1.82, 2.24) is 9.78 Å². The Morgan fingerprint density at radius 3 is 1.97 bits per heavy atom. The molecule has 3 aromatic rings. The van der Waals surface area contributed by atoms with Crippen molar-refractivity contribution in [1.29, 1.82) is 5.26 Å². The number of terminal acetylenes is 1. The zero-order valence-corrected chi connectivity index (χ0v) is 17.3. The summed E-state index contributed by atoms with van der Waals surface area (Å²) in [6, 6.07) is 17.7. The molecule has 0 aliphatic carbocycles.